The van der Waals surface area contributed by atoms with Gasteiger partial charge in [-0.2, -0.15) is 0 Å². The summed E-state index contributed by atoms with van der Waals surface area (Å²) in [7, 11) is 1.87. The van der Waals surface area contributed by atoms with Crippen molar-refractivity contribution in [1.29, 1.82) is 0 Å². The van der Waals surface area contributed by atoms with Gasteiger partial charge in [0.15, 0.2) is 0 Å². The van der Waals surface area contributed by atoms with E-state index in [1.807, 2.05) is 40.0 Å². The van der Waals surface area contributed by atoms with Gasteiger partial charge in [0, 0.05) is 30.8 Å². The number of pyridine rings is 2. The molecular formula is C23H32FN3O. The number of aliphatic hydroxyl groups is 1. The monoisotopic (exact) mass is 385 g/mol. The molecule has 1 atom stereocenters. The Labute approximate surface area is 167 Å². The van der Waals surface area contributed by atoms with E-state index in [2.05, 4.69) is 31.3 Å². The number of hydrogen-bond acceptors (Lipinski definition) is 4. The fourth-order valence-corrected chi connectivity index (χ4v) is 3.23. The second kappa shape index (κ2) is 9.78. The number of alkyl halides is 1. The van der Waals surface area contributed by atoms with Crippen LogP contribution >= 0.6 is 0 Å². The molecule has 2 rings (SSSR count). The molecule has 4 nitrogen and oxygen atoms in total. The van der Waals surface area contributed by atoms with E-state index < -0.39 is 12.6 Å². The first-order chi connectivity index (χ1) is 13.4. The Kier molecular flexibility index (Phi) is 7.69. The highest BCUT2D eigenvalue weighted by Gasteiger charge is 2.18. The van der Waals surface area contributed by atoms with Crippen molar-refractivity contribution < 1.29 is 9.50 Å². The van der Waals surface area contributed by atoms with E-state index in [4.69, 9.17) is 9.97 Å². The summed E-state index contributed by atoms with van der Waals surface area (Å²) in [5, 5.41) is 12.6. The minimum Gasteiger partial charge on any atom is -0.396 e. The number of nitrogens with zero attached hydrogens (tertiary/aromatic N) is 2. The Hall–Kier alpha value is -2.27. The average molecular weight is 386 g/mol. The van der Waals surface area contributed by atoms with Crippen LogP contribution in [0, 0.1) is 12.8 Å². The van der Waals surface area contributed by atoms with E-state index in [0.29, 0.717) is 12.3 Å². The molecule has 2 heterocycles. The molecule has 5 heteroatoms. The third-order valence-corrected chi connectivity index (χ3v) is 5.08. The average Bonchev–Trinajstić information content (AvgIpc) is 2.70. The highest BCUT2D eigenvalue weighted by atomic mass is 19.1. The molecule has 0 aromatic carbocycles. The van der Waals surface area contributed by atoms with Crippen LogP contribution in [-0.4, -0.2) is 35.4 Å². The van der Waals surface area contributed by atoms with Crippen LogP contribution in [-0.2, 0) is 6.42 Å². The lowest BCUT2D eigenvalue weighted by Crippen LogP contribution is -2.14. The van der Waals surface area contributed by atoms with Crippen molar-refractivity contribution in [2.75, 3.05) is 25.6 Å². The van der Waals surface area contributed by atoms with Gasteiger partial charge in [-0.25, -0.2) is 9.97 Å². The van der Waals surface area contributed by atoms with E-state index in [1.54, 1.807) is 0 Å². The molecule has 2 N–H and O–H groups in total. The van der Waals surface area contributed by atoms with Gasteiger partial charge in [0.05, 0.1) is 18.1 Å². The number of hydrogen-bond donors (Lipinski definition) is 2. The van der Waals surface area contributed by atoms with Gasteiger partial charge in [-0.3, -0.25) is 4.39 Å². The maximum absolute atomic E-state index is 13.2. The fraction of sp³-hybridized carbons (Fsp3) is 0.478. The van der Waals surface area contributed by atoms with Gasteiger partial charge in [-0.15, -0.1) is 0 Å². The standard InChI is InChI=1S/C23H32FN3O/c1-7-15(4)21-18(11-17(12-24)13-28)10-16(5)22(27-21)19-8-9-20(14(2)3)26-23(19)25-6/h7-10,14,17,28H,11-13H2,1-6H3,(H,25,26)/b15-7-. The summed E-state index contributed by atoms with van der Waals surface area (Å²) >= 11 is 0. The third kappa shape index (κ3) is 4.76. The Morgan fingerprint density at radius 1 is 1.29 bits per heavy atom. The molecule has 0 aliphatic rings. The summed E-state index contributed by atoms with van der Waals surface area (Å²) in [6, 6.07) is 6.18. The molecule has 1 unspecified atom stereocenters. The number of nitrogens with one attached hydrogen (secondary N) is 1. The molecule has 2 aromatic rings. The maximum Gasteiger partial charge on any atom is 0.135 e. The minimum atomic E-state index is -0.546. The van der Waals surface area contributed by atoms with E-state index in [0.717, 1.165) is 45.2 Å². The van der Waals surface area contributed by atoms with Gasteiger partial charge in [-0.1, -0.05) is 26.0 Å². The maximum atomic E-state index is 13.2. The number of aromatic nitrogens is 2. The van der Waals surface area contributed by atoms with Gasteiger partial charge in [0.1, 0.15) is 5.82 Å². The normalized spacial score (nSPS) is 13.1. The summed E-state index contributed by atoms with van der Waals surface area (Å²) in [5.41, 5.74) is 6.70. The Morgan fingerprint density at radius 3 is 2.54 bits per heavy atom. The molecule has 152 valence electrons. The van der Waals surface area contributed by atoms with E-state index in [9.17, 15) is 9.50 Å². The van der Waals surface area contributed by atoms with Crippen molar-refractivity contribution in [3.63, 3.8) is 0 Å². The molecule has 0 amide bonds. The van der Waals surface area contributed by atoms with Crippen LogP contribution < -0.4 is 5.32 Å². The van der Waals surface area contributed by atoms with Gasteiger partial charge >= 0.3 is 0 Å². The summed E-state index contributed by atoms with van der Waals surface area (Å²) in [5.74, 6) is 0.737. The van der Waals surface area contributed by atoms with E-state index in [1.165, 1.54) is 0 Å². The quantitative estimate of drug-likeness (QED) is 0.659. The molecule has 0 aliphatic heterocycles. The molecule has 0 aliphatic carbocycles. The predicted molar refractivity (Wildman–Crippen MR) is 115 cm³/mol. The van der Waals surface area contributed by atoms with E-state index >= 15 is 0 Å². The zero-order chi connectivity index (χ0) is 20.8. The number of rotatable bonds is 8. The van der Waals surface area contributed by atoms with Gasteiger partial charge < -0.3 is 10.4 Å². The third-order valence-electron chi connectivity index (χ3n) is 5.08. The lowest BCUT2D eigenvalue weighted by atomic mass is 9.94. The minimum absolute atomic E-state index is 0.171. The van der Waals surface area contributed by atoms with Crippen molar-refractivity contribution in [3.05, 3.63) is 46.8 Å². The lowest BCUT2D eigenvalue weighted by Gasteiger charge is -2.19. The Bertz CT molecular complexity index is 842. The van der Waals surface area contributed by atoms with Crippen LogP contribution in [0.1, 0.15) is 56.1 Å². The summed E-state index contributed by atoms with van der Waals surface area (Å²) < 4.78 is 13.2. The van der Waals surface area contributed by atoms with Gasteiger partial charge in [0.25, 0.3) is 0 Å². The molecule has 0 saturated heterocycles. The van der Waals surface area contributed by atoms with Crippen molar-refractivity contribution in [3.8, 4) is 11.3 Å². The summed E-state index contributed by atoms with van der Waals surface area (Å²) in [4.78, 5) is 9.72. The Balaban J connectivity index is 2.63. The predicted octanol–water partition coefficient (Wildman–Crippen LogP) is 5.16. The van der Waals surface area contributed by atoms with Crippen LogP contribution in [0.25, 0.3) is 16.8 Å². The van der Waals surface area contributed by atoms with Crippen LogP contribution in [0.3, 0.4) is 0 Å². The molecule has 0 fully saturated rings. The van der Waals surface area contributed by atoms with Crippen molar-refractivity contribution in [1.82, 2.24) is 9.97 Å². The Morgan fingerprint density at radius 2 is 2.00 bits per heavy atom. The molecule has 0 radical (unpaired) electrons. The van der Waals surface area contributed by atoms with Crippen molar-refractivity contribution >= 4 is 11.4 Å². The van der Waals surface area contributed by atoms with Crippen LogP contribution in [0.15, 0.2) is 24.3 Å². The first kappa shape index (κ1) is 22.0. The van der Waals surface area contributed by atoms with Crippen LogP contribution in [0.2, 0.25) is 0 Å². The van der Waals surface area contributed by atoms with Gasteiger partial charge in [-0.05, 0) is 61.9 Å². The first-order valence-corrected chi connectivity index (χ1v) is 9.85. The number of allylic oxidation sites excluding steroid dienone is 2. The molecule has 0 spiro atoms. The molecule has 2 aromatic heterocycles. The number of aliphatic hydroxyl groups excluding tert-OH is 1. The number of anilines is 1. The van der Waals surface area contributed by atoms with Gasteiger partial charge in [0.2, 0.25) is 0 Å². The summed E-state index contributed by atoms with van der Waals surface area (Å²) in [6.45, 7) is 9.52. The van der Waals surface area contributed by atoms with E-state index in [-0.39, 0.29) is 6.61 Å². The largest absolute Gasteiger partial charge is 0.396 e. The lowest BCUT2D eigenvalue weighted by molar-refractivity contribution is 0.197. The number of aryl methyl sites for hydroxylation is 1. The smallest absolute Gasteiger partial charge is 0.135 e. The SMILES string of the molecule is C/C=C(/C)c1nc(-c2ccc(C(C)C)nc2NC)c(C)cc1CC(CO)CF. The second-order valence-corrected chi connectivity index (χ2v) is 7.58. The van der Waals surface area contributed by atoms with Crippen molar-refractivity contribution in [2.45, 2.75) is 47.0 Å². The topological polar surface area (TPSA) is 58.0 Å². The van der Waals surface area contributed by atoms with Crippen LogP contribution in [0.5, 0.6) is 0 Å². The molecule has 0 bridgehead atoms. The zero-order valence-corrected chi connectivity index (χ0v) is 17.8. The highest BCUT2D eigenvalue weighted by Crippen LogP contribution is 2.32. The molecule has 0 saturated carbocycles. The fourth-order valence-electron chi connectivity index (χ4n) is 3.23. The molecule has 28 heavy (non-hydrogen) atoms. The summed E-state index contributed by atoms with van der Waals surface area (Å²) in [6.07, 6.45) is 2.47. The van der Waals surface area contributed by atoms with Crippen molar-refractivity contribution in [2.24, 2.45) is 5.92 Å². The second-order valence-electron chi connectivity index (χ2n) is 7.58. The zero-order valence-electron chi connectivity index (χ0n) is 17.8. The highest BCUT2D eigenvalue weighted by molar-refractivity contribution is 5.77. The number of halogens is 1. The first-order valence-electron chi connectivity index (χ1n) is 9.85. The van der Waals surface area contributed by atoms with Crippen LogP contribution in [0.4, 0.5) is 10.2 Å². The molecular weight excluding hydrogens is 353 g/mol.